The molecule has 150 valence electrons. The number of aromatic nitrogens is 2. The predicted molar refractivity (Wildman–Crippen MR) is 106 cm³/mol. The van der Waals surface area contributed by atoms with Gasteiger partial charge in [0.2, 0.25) is 5.91 Å². The van der Waals surface area contributed by atoms with Crippen LogP contribution < -0.4 is 19.1 Å². The topological polar surface area (TPSA) is 86.9 Å². The molecule has 4 rings (SSSR count). The van der Waals surface area contributed by atoms with Gasteiger partial charge < -0.3 is 23.6 Å². The molecule has 2 heterocycles. The van der Waals surface area contributed by atoms with E-state index in [2.05, 4.69) is 10.1 Å². The van der Waals surface area contributed by atoms with Crippen molar-refractivity contribution in [3.63, 3.8) is 0 Å². The normalized spacial score (nSPS) is 16.2. The van der Waals surface area contributed by atoms with E-state index in [0.29, 0.717) is 41.7 Å². The minimum atomic E-state index is -0.144. The molecule has 0 spiro atoms. The van der Waals surface area contributed by atoms with Crippen LogP contribution in [-0.2, 0) is 4.79 Å². The first-order valence-electron chi connectivity index (χ1n) is 9.12. The average molecular weight is 395 g/mol. The van der Waals surface area contributed by atoms with Gasteiger partial charge in [0.15, 0.2) is 5.82 Å². The number of hydrogen-bond donors (Lipinski definition) is 0. The Bertz CT molecular complexity index is 993. The van der Waals surface area contributed by atoms with Gasteiger partial charge in [-0.1, -0.05) is 5.16 Å². The Labute approximate surface area is 168 Å². The van der Waals surface area contributed by atoms with Gasteiger partial charge in [-0.25, -0.2) is 0 Å². The predicted octanol–water partition coefficient (Wildman–Crippen LogP) is 3.28. The lowest BCUT2D eigenvalue weighted by Gasteiger charge is -2.16. The molecule has 29 heavy (non-hydrogen) atoms. The van der Waals surface area contributed by atoms with Crippen LogP contribution >= 0.6 is 0 Å². The molecule has 0 saturated carbocycles. The maximum Gasteiger partial charge on any atom is 0.258 e. The summed E-state index contributed by atoms with van der Waals surface area (Å²) in [5.41, 5.74) is 1.51. The first-order chi connectivity index (χ1) is 14.1. The first-order valence-corrected chi connectivity index (χ1v) is 9.12. The second kappa shape index (κ2) is 7.83. The molecule has 8 nitrogen and oxygen atoms in total. The maximum atomic E-state index is 12.5. The van der Waals surface area contributed by atoms with Gasteiger partial charge in [0, 0.05) is 36.2 Å². The summed E-state index contributed by atoms with van der Waals surface area (Å²) in [6.07, 6.45) is 0.326. The third-order valence-electron chi connectivity index (χ3n) is 4.91. The zero-order chi connectivity index (χ0) is 20.4. The van der Waals surface area contributed by atoms with Crippen molar-refractivity contribution >= 4 is 11.6 Å². The van der Waals surface area contributed by atoms with Crippen molar-refractivity contribution in [3.8, 4) is 28.7 Å². The zero-order valence-electron chi connectivity index (χ0n) is 16.4. The van der Waals surface area contributed by atoms with Gasteiger partial charge in [0.25, 0.3) is 5.89 Å². The van der Waals surface area contributed by atoms with Crippen molar-refractivity contribution in [1.82, 2.24) is 10.1 Å². The minimum Gasteiger partial charge on any atom is -0.497 e. The van der Waals surface area contributed by atoms with Crippen molar-refractivity contribution in [2.24, 2.45) is 0 Å². The highest BCUT2D eigenvalue weighted by Gasteiger charge is 2.34. The molecule has 3 aromatic rings. The van der Waals surface area contributed by atoms with E-state index in [0.717, 1.165) is 11.4 Å². The number of carbonyl (C=O) groups excluding carboxylic acids is 1. The molecule has 1 fully saturated rings. The third-order valence-corrected chi connectivity index (χ3v) is 4.91. The van der Waals surface area contributed by atoms with Crippen LogP contribution in [-0.4, -0.2) is 43.9 Å². The SMILES string of the molecule is COc1ccc(N2CC(c3noc(-c4cc(OC)cc(OC)c4)n3)CC2=O)cc1. The number of ether oxygens (including phenoxy) is 3. The second-order valence-corrected chi connectivity index (χ2v) is 6.66. The first kappa shape index (κ1) is 18.8. The summed E-state index contributed by atoms with van der Waals surface area (Å²) in [5, 5.41) is 4.11. The van der Waals surface area contributed by atoms with E-state index in [1.165, 1.54) is 0 Å². The molecule has 1 aliphatic rings. The van der Waals surface area contributed by atoms with Gasteiger partial charge in [-0.2, -0.15) is 4.98 Å². The number of anilines is 1. The summed E-state index contributed by atoms with van der Waals surface area (Å²) in [5.74, 6) is 2.73. The van der Waals surface area contributed by atoms with Crippen LogP contribution in [0.25, 0.3) is 11.5 Å². The molecule has 0 bridgehead atoms. The molecule has 1 aromatic heterocycles. The Morgan fingerprint density at radius 3 is 2.24 bits per heavy atom. The Kier molecular flexibility index (Phi) is 5.07. The van der Waals surface area contributed by atoms with Crippen LogP contribution in [0.2, 0.25) is 0 Å². The summed E-state index contributed by atoms with van der Waals surface area (Å²) >= 11 is 0. The fourth-order valence-corrected chi connectivity index (χ4v) is 3.34. The largest absolute Gasteiger partial charge is 0.497 e. The van der Waals surface area contributed by atoms with Crippen molar-refractivity contribution in [3.05, 3.63) is 48.3 Å². The van der Waals surface area contributed by atoms with Crippen LogP contribution in [0.1, 0.15) is 18.2 Å². The molecule has 1 saturated heterocycles. The molecule has 0 radical (unpaired) electrons. The highest BCUT2D eigenvalue weighted by Crippen LogP contribution is 2.33. The van der Waals surface area contributed by atoms with Crippen molar-refractivity contribution in [1.29, 1.82) is 0 Å². The summed E-state index contributed by atoms with van der Waals surface area (Å²) in [6, 6.07) is 12.7. The van der Waals surface area contributed by atoms with Gasteiger partial charge >= 0.3 is 0 Å². The smallest absolute Gasteiger partial charge is 0.258 e. The fraction of sp³-hybridized carbons (Fsp3) is 0.286. The quantitative estimate of drug-likeness (QED) is 0.633. The molecule has 0 aliphatic carbocycles. The van der Waals surface area contributed by atoms with Gasteiger partial charge in [0.1, 0.15) is 17.2 Å². The van der Waals surface area contributed by atoms with Gasteiger partial charge in [-0.15, -0.1) is 0 Å². The number of nitrogens with zero attached hydrogens (tertiary/aromatic N) is 3. The van der Waals surface area contributed by atoms with Crippen LogP contribution in [0.4, 0.5) is 5.69 Å². The summed E-state index contributed by atoms with van der Waals surface area (Å²) in [4.78, 5) is 18.8. The number of rotatable bonds is 6. The standard InChI is InChI=1S/C21H21N3O5/c1-26-16-6-4-15(5-7-16)24-12-14(10-19(24)25)20-22-21(29-23-20)13-8-17(27-2)11-18(9-13)28-3/h4-9,11,14H,10,12H2,1-3H3. The lowest BCUT2D eigenvalue weighted by Crippen LogP contribution is -2.24. The van der Waals surface area contributed by atoms with Crippen molar-refractivity contribution in [2.45, 2.75) is 12.3 Å². The fourth-order valence-electron chi connectivity index (χ4n) is 3.34. The Hall–Kier alpha value is -3.55. The number of carbonyl (C=O) groups is 1. The summed E-state index contributed by atoms with van der Waals surface area (Å²) in [7, 11) is 4.77. The number of benzene rings is 2. The average Bonchev–Trinajstić information content (AvgIpc) is 3.40. The number of methoxy groups -OCH3 is 3. The summed E-state index contributed by atoms with van der Waals surface area (Å²) in [6.45, 7) is 0.492. The van der Waals surface area contributed by atoms with E-state index in [1.807, 2.05) is 24.3 Å². The molecular weight excluding hydrogens is 374 g/mol. The van der Waals surface area contributed by atoms with E-state index < -0.39 is 0 Å². The van der Waals surface area contributed by atoms with E-state index in [1.54, 1.807) is 44.4 Å². The number of amides is 1. The molecule has 1 unspecified atom stereocenters. The van der Waals surface area contributed by atoms with Crippen LogP contribution in [0.5, 0.6) is 17.2 Å². The van der Waals surface area contributed by atoms with Crippen molar-refractivity contribution in [2.75, 3.05) is 32.8 Å². The van der Waals surface area contributed by atoms with Crippen molar-refractivity contribution < 1.29 is 23.5 Å². The monoisotopic (exact) mass is 395 g/mol. The Morgan fingerprint density at radius 1 is 0.966 bits per heavy atom. The minimum absolute atomic E-state index is 0.0227. The highest BCUT2D eigenvalue weighted by molar-refractivity contribution is 5.96. The van der Waals surface area contributed by atoms with Gasteiger partial charge in [-0.05, 0) is 36.4 Å². The molecule has 1 amide bonds. The Morgan fingerprint density at radius 2 is 1.62 bits per heavy atom. The molecule has 8 heteroatoms. The number of hydrogen-bond acceptors (Lipinski definition) is 7. The van der Waals surface area contributed by atoms with Crippen LogP contribution in [0.15, 0.2) is 47.0 Å². The van der Waals surface area contributed by atoms with E-state index in [-0.39, 0.29) is 11.8 Å². The molecular formula is C21H21N3O5. The maximum absolute atomic E-state index is 12.5. The van der Waals surface area contributed by atoms with E-state index in [4.69, 9.17) is 18.7 Å². The van der Waals surface area contributed by atoms with E-state index >= 15 is 0 Å². The lowest BCUT2D eigenvalue weighted by molar-refractivity contribution is -0.117. The second-order valence-electron chi connectivity index (χ2n) is 6.66. The molecule has 0 N–H and O–H groups in total. The molecule has 1 aliphatic heterocycles. The Balaban J connectivity index is 1.55. The highest BCUT2D eigenvalue weighted by atomic mass is 16.5. The lowest BCUT2D eigenvalue weighted by atomic mass is 10.1. The molecule has 2 aromatic carbocycles. The van der Waals surface area contributed by atoms with Gasteiger partial charge in [-0.3, -0.25) is 4.79 Å². The van der Waals surface area contributed by atoms with Gasteiger partial charge in [0.05, 0.1) is 21.3 Å². The summed E-state index contributed by atoms with van der Waals surface area (Å²) < 4.78 is 21.2. The molecule has 1 atom stereocenters. The third kappa shape index (κ3) is 3.73. The van der Waals surface area contributed by atoms with E-state index in [9.17, 15) is 4.79 Å². The van der Waals surface area contributed by atoms with Crippen LogP contribution in [0.3, 0.4) is 0 Å². The zero-order valence-corrected chi connectivity index (χ0v) is 16.4. The van der Waals surface area contributed by atoms with Crippen LogP contribution in [0, 0.1) is 0 Å².